The van der Waals surface area contributed by atoms with E-state index in [1.54, 1.807) is 12.1 Å². The van der Waals surface area contributed by atoms with E-state index in [0.29, 0.717) is 17.3 Å². The molecule has 6 nitrogen and oxygen atoms in total. The first-order valence-corrected chi connectivity index (χ1v) is 7.35. The minimum Gasteiger partial charge on any atom is -0.352 e. The van der Waals surface area contributed by atoms with E-state index in [1.165, 1.54) is 6.33 Å². The number of carbonyl (C=O) groups is 1. The largest absolute Gasteiger partial charge is 0.352 e. The van der Waals surface area contributed by atoms with Gasteiger partial charge in [-0.1, -0.05) is 24.9 Å². The van der Waals surface area contributed by atoms with Crippen LogP contribution in [0.5, 0.6) is 0 Å². The molecule has 0 bridgehead atoms. The lowest BCUT2D eigenvalue weighted by atomic mass is 10.1. The van der Waals surface area contributed by atoms with Crippen molar-refractivity contribution >= 4 is 17.5 Å². The molecule has 2 N–H and O–H groups in total. The van der Waals surface area contributed by atoms with E-state index in [4.69, 9.17) is 11.6 Å². The lowest BCUT2D eigenvalue weighted by molar-refractivity contribution is 0.0953. The van der Waals surface area contributed by atoms with Gasteiger partial charge in [-0.2, -0.15) is 5.10 Å². The van der Waals surface area contributed by atoms with Crippen LogP contribution in [0.25, 0.3) is 0 Å². The summed E-state index contributed by atoms with van der Waals surface area (Å²) in [6, 6.07) is 3.38. The highest BCUT2D eigenvalue weighted by Gasteiger charge is 2.08. The van der Waals surface area contributed by atoms with Crippen molar-refractivity contribution in [3.05, 3.63) is 40.7 Å². The third kappa shape index (κ3) is 4.82. The lowest BCUT2D eigenvalue weighted by Crippen LogP contribution is -2.25. The number of nitrogens with zero attached hydrogens (tertiary/aromatic N) is 3. The molecule has 0 aliphatic carbocycles. The van der Waals surface area contributed by atoms with Gasteiger partial charge in [-0.25, -0.2) is 9.97 Å². The van der Waals surface area contributed by atoms with E-state index >= 15 is 0 Å². The fraction of sp³-hybridized carbons (Fsp3) is 0.429. The number of hydrogen-bond acceptors (Lipinski definition) is 4. The summed E-state index contributed by atoms with van der Waals surface area (Å²) in [5.74, 6) is 0.690. The van der Waals surface area contributed by atoms with Gasteiger partial charge >= 0.3 is 0 Å². The molecule has 2 heterocycles. The van der Waals surface area contributed by atoms with Crippen molar-refractivity contribution in [2.24, 2.45) is 0 Å². The highest BCUT2D eigenvalue weighted by atomic mass is 35.5. The quantitative estimate of drug-likeness (QED) is 0.606. The zero-order chi connectivity index (χ0) is 15.1. The predicted molar refractivity (Wildman–Crippen MR) is 80.3 cm³/mol. The standard InChI is InChI=1S/C14H18ClN5O/c1-2-4-11-7-10(8-12(15)19-11)14(21)16-6-3-5-13-17-9-18-20-13/h7-9H,2-6H2,1H3,(H,16,21)(H,17,18,20). The first kappa shape index (κ1) is 15.4. The minimum absolute atomic E-state index is 0.130. The minimum atomic E-state index is -0.130. The van der Waals surface area contributed by atoms with Gasteiger partial charge in [0.25, 0.3) is 5.91 Å². The number of amides is 1. The Morgan fingerprint density at radius 3 is 2.95 bits per heavy atom. The summed E-state index contributed by atoms with van der Waals surface area (Å²) < 4.78 is 0. The molecule has 1 amide bonds. The number of halogens is 1. The molecule has 0 unspecified atom stereocenters. The first-order chi connectivity index (χ1) is 10.2. The summed E-state index contributed by atoms with van der Waals surface area (Å²) in [5.41, 5.74) is 1.40. The number of carbonyl (C=O) groups excluding carboxylic acids is 1. The highest BCUT2D eigenvalue weighted by Crippen LogP contribution is 2.12. The number of aryl methyl sites for hydroxylation is 2. The van der Waals surface area contributed by atoms with Crippen LogP contribution in [0.4, 0.5) is 0 Å². The average Bonchev–Trinajstić information content (AvgIpc) is 2.96. The normalized spacial score (nSPS) is 10.6. The maximum atomic E-state index is 12.1. The van der Waals surface area contributed by atoms with Crippen LogP contribution < -0.4 is 5.32 Å². The third-order valence-electron chi connectivity index (χ3n) is 2.96. The third-order valence-corrected chi connectivity index (χ3v) is 3.15. The van der Waals surface area contributed by atoms with E-state index in [9.17, 15) is 4.79 Å². The number of hydrogen-bond donors (Lipinski definition) is 2. The van der Waals surface area contributed by atoms with Gasteiger partial charge in [-0.3, -0.25) is 9.89 Å². The van der Waals surface area contributed by atoms with Crippen molar-refractivity contribution in [1.82, 2.24) is 25.5 Å². The molecule has 0 atom stereocenters. The van der Waals surface area contributed by atoms with Crippen molar-refractivity contribution in [3.63, 3.8) is 0 Å². The fourth-order valence-electron chi connectivity index (χ4n) is 1.98. The zero-order valence-corrected chi connectivity index (χ0v) is 12.7. The van der Waals surface area contributed by atoms with E-state index in [0.717, 1.165) is 37.2 Å². The second-order valence-corrected chi connectivity index (χ2v) is 5.10. The molecule has 21 heavy (non-hydrogen) atoms. The van der Waals surface area contributed by atoms with Crippen LogP contribution in [0.3, 0.4) is 0 Å². The number of aromatic nitrogens is 4. The SMILES string of the molecule is CCCc1cc(C(=O)NCCCc2ncn[nH]2)cc(Cl)n1. The van der Waals surface area contributed by atoms with Crippen molar-refractivity contribution in [1.29, 1.82) is 0 Å². The van der Waals surface area contributed by atoms with Gasteiger partial charge in [0.2, 0.25) is 0 Å². The molecule has 0 fully saturated rings. The van der Waals surface area contributed by atoms with E-state index < -0.39 is 0 Å². The second kappa shape index (κ2) is 7.73. The number of aromatic amines is 1. The molecule has 0 spiro atoms. The Morgan fingerprint density at radius 2 is 2.24 bits per heavy atom. The Morgan fingerprint density at radius 1 is 1.38 bits per heavy atom. The van der Waals surface area contributed by atoms with E-state index in [-0.39, 0.29) is 5.91 Å². The highest BCUT2D eigenvalue weighted by molar-refractivity contribution is 6.29. The van der Waals surface area contributed by atoms with Gasteiger partial charge in [0, 0.05) is 24.2 Å². The molecule has 0 saturated heterocycles. The zero-order valence-electron chi connectivity index (χ0n) is 11.9. The van der Waals surface area contributed by atoms with Gasteiger partial charge in [-0.15, -0.1) is 0 Å². The summed E-state index contributed by atoms with van der Waals surface area (Å²) in [6.07, 6.45) is 4.79. The van der Waals surface area contributed by atoms with Gasteiger partial charge in [0.1, 0.15) is 17.3 Å². The van der Waals surface area contributed by atoms with Crippen molar-refractivity contribution in [3.8, 4) is 0 Å². The number of nitrogens with one attached hydrogen (secondary N) is 2. The molecule has 0 aromatic carbocycles. The van der Waals surface area contributed by atoms with E-state index in [1.807, 2.05) is 0 Å². The van der Waals surface area contributed by atoms with Gasteiger partial charge < -0.3 is 5.32 Å². The summed E-state index contributed by atoms with van der Waals surface area (Å²) >= 11 is 5.95. The molecule has 2 rings (SSSR count). The monoisotopic (exact) mass is 307 g/mol. The first-order valence-electron chi connectivity index (χ1n) is 6.98. The van der Waals surface area contributed by atoms with Crippen molar-refractivity contribution < 1.29 is 4.79 Å². The second-order valence-electron chi connectivity index (χ2n) is 4.71. The van der Waals surface area contributed by atoms with Crippen LogP contribution in [0.2, 0.25) is 5.15 Å². The Hall–Kier alpha value is -1.95. The maximum absolute atomic E-state index is 12.1. The average molecular weight is 308 g/mol. The Labute approximate surface area is 128 Å². The molecular formula is C14H18ClN5O. The smallest absolute Gasteiger partial charge is 0.251 e. The molecule has 0 saturated carbocycles. The van der Waals surface area contributed by atoms with Crippen molar-refractivity contribution in [2.45, 2.75) is 32.6 Å². The van der Waals surface area contributed by atoms with Crippen LogP contribution in [-0.4, -0.2) is 32.6 Å². The molecule has 0 aliphatic rings. The molecule has 2 aromatic rings. The Balaban J connectivity index is 1.85. The van der Waals surface area contributed by atoms with Gasteiger partial charge in [0.15, 0.2) is 0 Å². The predicted octanol–water partition coefficient (Wildman–Crippen LogP) is 2.17. The fourth-order valence-corrected chi connectivity index (χ4v) is 2.20. The Bertz CT molecular complexity index is 585. The van der Waals surface area contributed by atoms with Crippen LogP contribution in [-0.2, 0) is 12.8 Å². The number of rotatable bonds is 7. The molecule has 112 valence electrons. The van der Waals surface area contributed by atoms with Crippen LogP contribution in [0.15, 0.2) is 18.5 Å². The maximum Gasteiger partial charge on any atom is 0.251 e. The molecule has 2 aromatic heterocycles. The molecular weight excluding hydrogens is 290 g/mol. The Kier molecular flexibility index (Phi) is 5.68. The lowest BCUT2D eigenvalue weighted by Gasteiger charge is -2.07. The molecule has 0 aliphatic heterocycles. The molecule has 0 radical (unpaired) electrons. The summed E-state index contributed by atoms with van der Waals surface area (Å²) in [7, 11) is 0. The summed E-state index contributed by atoms with van der Waals surface area (Å²) in [6.45, 7) is 2.63. The van der Waals surface area contributed by atoms with Crippen molar-refractivity contribution in [2.75, 3.05) is 6.54 Å². The van der Waals surface area contributed by atoms with Crippen LogP contribution >= 0.6 is 11.6 Å². The van der Waals surface area contributed by atoms with Gasteiger partial charge in [-0.05, 0) is 25.0 Å². The number of pyridine rings is 1. The topological polar surface area (TPSA) is 83.6 Å². The molecule has 7 heteroatoms. The van der Waals surface area contributed by atoms with Crippen LogP contribution in [0, 0.1) is 0 Å². The summed E-state index contributed by atoms with van der Waals surface area (Å²) in [5, 5.41) is 9.79. The number of H-pyrrole nitrogens is 1. The van der Waals surface area contributed by atoms with E-state index in [2.05, 4.69) is 32.4 Å². The van der Waals surface area contributed by atoms with Crippen LogP contribution in [0.1, 0.15) is 41.6 Å². The van der Waals surface area contributed by atoms with Gasteiger partial charge in [0.05, 0.1) is 0 Å². The summed E-state index contributed by atoms with van der Waals surface area (Å²) in [4.78, 5) is 20.3.